The van der Waals surface area contributed by atoms with Crippen molar-refractivity contribution >= 4 is 5.69 Å². The smallest absolute Gasteiger partial charge is 0.0702 e. The summed E-state index contributed by atoms with van der Waals surface area (Å²) in [5, 5.41) is 18.5. The van der Waals surface area contributed by atoms with E-state index in [9.17, 15) is 10.2 Å². The molecule has 3 heteroatoms. The molecule has 0 amide bonds. The van der Waals surface area contributed by atoms with Crippen LogP contribution in [-0.4, -0.2) is 29.9 Å². The number of anilines is 1. The average Bonchev–Trinajstić information content (AvgIpc) is 2.27. The summed E-state index contributed by atoms with van der Waals surface area (Å²) in [7, 11) is 2.04. The summed E-state index contributed by atoms with van der Waals surface area (Å²) in [5.74, 6) is 0.590. The van der Waals surface area contributed by atoms with Gasteiger partial charge in [-0.05, 0) is 24.8 Å². The lowest BCUT2D eigenvalue weighted by Crippen LogP contribution is -2.37. The minimum atomic E-state index is -0.0912. The van der Waals surface area contributed by atoms with E-state index in [4.69, 9.17) is 0 Å². The van der Waals surface area contributed by atoms with Crippen molar-refractivity contribution in [2.75, 3.05) is 18.5 Å². The van der Waals surface area contributed by atoms with E-state index in [1.165, 1.54) is 0 Å². The maximum atomic E-state index is 9.25. The summed E-state index contributed by atoms with van der Waals surface area (Å²) >= 11 is 0. The normalized spacial score (nSPS) is 23.9. The van der Waals surface area contributed by atoms with Crippen LogP contribution in [0.2, 0.25) is 0 Å². The molecule has 0 atom stereocenters. The first kappa shape index (κ1) is 11.4. The number of hydrogen-bond acceptors (Lipinski definition) is 3. The highest BCUT2D eigenvalue weighted by Crippen LogP contribution is 2.29. The Morgan fingerprint density at radius 3 is 2.62 bits per heavy atom. The molecule has 1 fully saturated rings. The molecule has 2 rings (SSSR count). The van der Waals surface area contributed by atoms with Crippen molar-refractivity contribution in [2.24, 2.45) is 5.92 Å². The second-order valence-corrected chi connectivity index (χ2v) is 4.66. The molecule has 0 heterocycles. The molecular weight excluding hydrogens is 202 g/mol. The molecule has 1 aromatic carbocycles. The zero-order valence-electron chi connectivity index (χ0n) is 9.63. The quantitative estimate of drug-likeness (QED) is 0.807. The van der Waals surface area contributed by atoms with Crippen LogP contribution in [0, 0.1) is 5.92 Å². The van der Waals surface area contributed by atoms with E-state index in [0.717, 1.165) is 30.6 Å². The van der Waals surface area contributed by atoms with Gasteiger partial charge in [-0.1, -0.05) is 18.2 Å². The summed E-state index contributed by atoms with van der Waals surface area (Å²) in [5.41, 5.74) is 2.05. The molecular formula is C13H19NO2. The molecule has 0 aromatic heterocycles. The van der Waals surface area contributed by atoms with Gasteiger partial charge < -0.3 is 15.1 Å². The first-order chi connectivity index (χ1) is 7.70. The Balaban J connectivity index is 1.99. The molecule has 3 nitrogen and oxygen atoms in total. The van der Waals surface area contributed by atoms with Crippen LogP contribution in [0.5, 0.6) is 0 Å². The number of aliphatic hydroxyl groups is 2. The molecule has 2 N–H and O–H groups in total. The standard InChI is InChI=1S/C13H19NO2/c1-14(8-10-6-12(16)7-10)13-5-3-2-4-11(13)9-15/h2-5,10,12,15-16H,6-9H2,1H3. The molecule has 1 aromatic rings. The van der Waals surface area contributed by atoms with Gasteiger partial charge in [-0.2, -0.15) is 0 Å². The van der Waals surface area contributed by atoms with Gasteiger partial charge in [-0.3, -0.25) is 0 Å². The maximum Gasteiger partial charge on any atom is 0.0702 e. The molecule has 88 valence electrons. The van der Waals surface area contributed by atoms with Gasteiger partial charge >= 0.3 is 0 Å². The third-order valence-corrected chi connectivity index (χ3v) is 3.32. The van der Waals surface area contributed by atoms with E-state index in [-0.39, 0.29) is 12.7 Å². The molecule has 0 saturated heterocycles. The minimum absolute atomic E-state index is 0.0772. The van der Waals surface area contributed by atoms with Gasteiger partial charge in [0.15, 0.2) is 0 Å². The van der Waals surface area contributed by atoms with Gasteiger partial charge in [0.25, 0.3) is 0 Å². The lowest BCUT2D eigenvalue weighted by atomic mass is 9.82. The number of para-hydroxylation sites is 1. The molecule has 16 heavy (non-hydrogen) atoms. The second-order valence-electron chi connectivity index (χ2n) is 4.66. The summed E-state index contributed by atoms with van der Waals surface area (Å²) < 4.78 is 0. The van der Waals surface area contributed by atoms with Crippen molar-refractivity contribution in [1.82, 2.24) is 0 Å². The predicted octanol–water partition coefficient (Wildman–Crippen LogP) is 1.39. The molecule has 0 bridgehead atoms. The van der Waals surface area contributed by atoms with Crippen molar-refractivity contribution in [3.63, 3.8) is 0 Å². The molecule has 1 aliphatic carbocycles. The highest BCUT2D eigenvalue weighted by atomic mass is 16.3. The van der Waals surface area contributed by atoms with Gasteiger partial charge in [0.05, 0.1) is 12.7 Å². The highest BCUT2D eigenvalue weighted by Gasteiger charge is 2.28. The van der Waals surface area contributed by atoms with Gasteiger partial charge in [-0.25, -0.2) is 0 Å². The van der Waals surface area contributed by atoms with E-state index >= 15 is 0 Å². The Bertz CT molecular complexity index is 348. The lowest BCUT2D eigenvalue weighted by Gasteiger charge is -2.35. The van der Waals surface area contributed by atoms with Crippen molar-refractivity contribution in [2.45, 2.75) is 25.6 Å². The van der Waals surface area contributed by atoms with E-state index in [2.05, 4.69) is 4.90 Å². The van der Waals surface area contributed by atoms with Crippen molar-refractivity contribution in [3.05, 3.63) is 29.8 Å². The highest BCUT2D eigenvalue weighted by molar-refractivity contribution is 5.52. The van der Waals surface area contributed by atoms with Gasteiger partial charge in [0.1, 0.15) is 0 Å². The Kier molecular flexibility index (Phi) is 3.46. The third-order valence-electron chi connectivity index (χ3n) is 3.32. The van der Waals surface area contributed by atoms with Crippen LogP contribution in [-0.2, 0) is 6.61 Å². The van der Waals surface area contributed by atoms with Crippen LogP contribution in [0.15, 0.2) is 24.3 Å². The van der Waals surface area contributed by atoms with Crippen LogP contribution in [0.25, 0.3) is 0 Å². The van der Waals surface area contributed by atoms with Gasteiger partial charge in [0.2, 0.25) is 0 Å². The number of aliphatic hydroxyl groups excluding tert-OH is 2. The van der Waals surface area contributed by atoms with Gasteiger partial charge in [0, 0.05) is 24.8 Å². The summed E-state index contributed by atoms with van der Waals surface area (Å²) in [4.78, 5) is 2.17. The third kappa shape index (κ3) is 2.36. The minimum Gasteiger partial charge on any atom is -0.393 e. The summed E-state index contributed by atoms with van der Waals surface area (Å²) in [6.07, 6.45) is 1.73. The van der Waals surface area contributed by atoms with Crippen LogP contribution >= 0.6 is 0 Å². The number of hydrogen-bond donors (Lipinski definition) is 2. The van der Waals surface area contributed by atoms with E-state index in [1.54, 1.807) is 0 Å². The predicted molar refractivity (Wildman–Crippen MR) is 64.4 cm³/mol. The Labute approximate surface area is 96.3 Å². The number of benzene rings is 1. The van der Waals surface area contributed by atoms with Crippen molar-refractivity contribution in [1.29, 1.82) is 0 Å². The van der Waals surface area contributed by atoms with E-state index in [0.29, 0.717) is 5.92 Å². The summed E-state index contributed by atoms with van der Waals surface area (Å²) in [6, 6.07) is 7.90. The largest absolute Gasteiger partial charge is 0.393 e. The second kappa shape index (κ2) is 4.85. The zero-order chi connectivity index (χ0) is 11.5. The Hall–Kier alpha value is -1.06. The number of nitrogens with zero attached hydrogens (tertiary/aromatic N) is 1. The van der Waals surface area contributed by atoms with Crippen molar-refractivity contribution < 1.29 is 10.2 Å². The molecule has 1 aliphatic rings. The Morgan fingerprint density at radius 2 is 2.00 bits per heavy atom. The van der Waals surface area contributed by atoms with Crippen LogP contribution in [0.3, 0.4) is 0 Å². The molecule has 1 saturated carbocycles. The van der Waals surface area contributed by atoms with E-state index < -0.39 is 0 Å². The van der Waals surface area contributed by atoms with Crippen LogP contribution < -0.4 is 4.90 Å². The first-order valence-corrected chi connectivity index (χ1v) is 5.78. The Morgan fingerprint density at radius 1 is 1.31 bits per heavy atom. The average molecular weight is 221 g/mol. The fraction of sp³-hybridized carbons (Fsp3) is 0.538. The lowest BCUT2D eigenvalue weighted by molar-refractivity contribution is 0.0464. The zero-order valence-corrected chi connectivity index (χ0v) is 9.63. The SMILES string of the molecule is CN(CC1CC(O)C1)c1ccccc1CO. The first-order valence-electron chi connectivity index (χ1n) is 5.78. The molecule has 0 aliphatic heterocycles. The number of rotatable bonds is 4. The van der Waals surface area contributed by atoms with E-state index in [1.807, 2.05) is 31.3 Å². The summed E-state index contributed by atoms with van der Waals surface area (Å²) in [6.45, 7) is 1.03. The molecule has 0 radical (unpaired) electrons. The molecule has 0 spiro atoms. The van der Waals surface area contributed by atoms with Crippen LogP contribution in [0.4, 0.5) is 5.69 Å². The van der Waals surface area contributed by atoms with Crippen molar-refractivity contribution in [3.8, 4) is 0 Å². The topological polar surface area (TPSA) is 43.7 Å². The monoisotopic (exact) mass is 221 g/mol. The van der Waals surface area contributed by atoms with Crippen LogP contribution in [0.1, 0.15) is 18.4 Å². The maximum absolute atomic E-state index is 9.25. The fourth-order valence-electron chi connectivity index (χ4n) is 2.35. The molecule has 0 unspecified atom stereocenters. The fourth-order valence-corrected chi connectivity index (χ4v) is 2.35. The van der Waals surface area contributed by atoms with Gasteiger partial charge in [-0.15, -0.1) is 0 Å².